The van der Waals surface area contributed by atoms with Crippen molar-refractivity contribution in [3.8, 4) is 5.69 Å². The lowest BCUT2D eigenvalue weighted by Crippen LogP contribution is -2.21. The molecule has 23 heavy (non-hydrogen) atoms. The van der Waals surface area contributed by atoms with Crippen molar-refractivity contribution < 1.29 is 4.79 Å². The fourth-order valence-electron chi connectivity index (χ4n) is 2.28. The zero-order chi connectivity index (χ0) is 16.2. The summed E-state index contributed by atoms with van der Waals surface area (Å²) in [6.07, 6.45) is 1.75. The van der Waals surface area contributed by atoms with E-state index in [1.165, 1.54) is 0 Å². The maximum absolute atomic E-state index is 11.9. The number of benzene rings is 2. The molecule has 116 valence electrons. The second-order valence-corrected chi connectivity index (χ2v) is 5.37. The van der Waals surface area contributed by atoms with Crippen molar-refractivity contribution in [1.29, 1.82) is 0 Å². The number of para-hydroxylation sites is 1. The van der Waals surface area contributed by atoms with E-state index in [2.05, 4.69) is 10.4 Å². The lowest BCUT2D eigenvalue weighted by atomic mass is 10.2. The van der Waals surface area contributed by atoms with Crippen LogP contribution in [-0.4, -0.2) is 34.7 Å². The van der Waals surface area contributed by atoms with Crippen LogP contribution in [0.3, 0.4) is 0 Å². The Labute approximate surface area is 135 Å². The Hall–Kier alpha value is -3.08. The highest BCUT2D eigenvalue weighted by atomic mass is 16.2. The molecular weight excluding hydrogens is 288 g/mol. The molecule has 5 nitrogen and oxygen atoms in total. The number of rotatable bonds is 4. The predicted molar refractivity (Wildman–Crippen MR) is 91.3 cm³/mol. The average Bonchev–Trinajstić information content (AvgIpc) is 3.04. The Bertz CT molecular complexity index is 791. The molecule has 3 rings (SSSR count). The van der Waals surface area contributed by atoms with Gasteiger partial charge in [-0.25, -0.2) is 4.68 Å². The summed E-state index contributed by atoms with van der Waals surface area (Å²) in [7, 11) is 3.49. The lowest BCUT2D eigenvalue weighted by molar-refractivity contribution is 0.0827. The maximum atomic E-state index is 11.9. The van der Waals surface area contributed by atoms with Gasteiger partial charge in [0.15, 0.2) is 0 Å². The van der Waals surface area contributed by atoms with Crippen LogP contribution in [0.2, 0.25) is 0 Å². The predicted octanol–water partition coefficient (Wildman–Crippen LogP) is 3.32. The van der Waals surface area contributed by atoms with E-state index in [1.807, 2.05) is 65.3 Å². The molecule has 0 spiro atoms. The summed E-state index contributed by atoms with van der Waals surface area (Å²) in [5.41, 5.74) is 2.55. The molecule has 1 heterocycles. The van der Waals surface area contributed by atoms with E-state index in [0.29, 0.717) is 5.56 Å². The second kappa shape index (κ2) is 6.36. The summed E-state index contributed by atoms with van der Waals surface area (Å²) in [5, 5.41) is 7.67. The standard InChI is InChI=1S/C18H18N4O/c1-21(2)18(23)14-8-10-15(11-9-14)20-17-12-13-19-22(17)16-6-4-3-5-7-16/h3-13,20H,1-2H3. The quantitative estimate of drug-likeness (QED) is 0.804. The van der Waals surface area contributed by atoms with Crippen LogP contribution in [0.5, 0.6) is 0 Å². The number of amides is 1. The molecule has 5 heteroatoms. The third kappa shape index (κ3) is 3.23. The van der Waals surface area contributed by atoms with E-state index in [0.717, 1.165) is 17.2 Å². The highest BCUT2D eigenvalue weighted by Crippen LogP contribution is 2.20. The molecule has 0 fully saturated rings. The van der Waals surface area contributed by atoms with Gasteiger partial charge >= 0.3 is 0 Å². The van der Waals surface area contributed by atoms with Crippen molar-refractivity contribution in [2.24, 2.45) is 0 Å². The number of hydrogen-bond donors (Lipinski definition) is 1. The van der Waals surface area contributed by atoms with E-state index in [1.54, 1.807) is 25.2 Å². The number of carbonyl (C=O) groups excluding carboxylic acids is 1. The van der Waals surface area contributed by atoms with Crippen LogP contribution in [0.15, 0.2) is 66.9 Å². The van der Waals surface area contributed by atoms with Crippen LogP contribution < -0.4 is 5.32 Å². The van der Waals surface area contributed by atoms with Gasteiger partial charge in [0.1, 0.15) is 5.82 Å². The normalized spacial score (nSPS) is 10.3. The molecule has 0 aliphatic rings. The summed E-state index contributed by atoms with van der Waals surface area (Å²) in [5.74, 6) is 0.855. The SMILES string of the molecule is CN(C)C(=O)c1ccc(Nc2ccnn2-c2ccccc2)cc1. The molecular formula is C18H18N4O. The van der Waals surface area contributed by atoms with Gasteiger partial charge in [0, 0.05) is 31.4 Å². The molecule has 0 unspecified atom stereocenters. The lowest BCUT2D eigenvalue weighted by Gasteiger charge is -2.12. The Morgan fingerprint density at radius 3 is 2.35 bits per heavy atom. The summed E-state index contributed by atoms with van der Waals surface area (Å²) in [6.45, 7) is 0. The monoisotopic (exact) mass is 306 g/mol. The zero-order valence-corrected chi connectivity index (χ0v) is 13.1. The Morgan fingerprint density at radius 1 is 1.00 bits per heavy atom. The second-order valence-electron chi connectivity index (χ2n) is 5.37. The van der Waals surface area contributed by atoms with Crippen LogP contribution in [0.1, 0.15) is 10.4 Å². The minimum absolute atomic E-state index is 0.00845. The van der Waals surface area contributed by atoms with E-state index in [9.17, 15) is 4.79 Å². The van der Waals surface area contributed by atoms with Crippen molar-refractivity contribution in [1.82, 2.24) is 14.7 Å². The number of nitrogens with one attached hydrogen (secondary N) is 1. The first kappa shape index (κ1) is 14.8. The van der Waals surface area contributed by atoms with E-state index >= 15 is 0 Å². The topological polar surface area (TPSA) is 50.2 Å². The largest absolute Gasteiger partial charge is 0.345 e. The molecule has 0 saturated carbocycles. The zero-order valence-electron chi connectivity index (χ0n) is 13.1. The molecule has 0 aliphatic heterocycles. The average molecular weight is 306 g/mol. The van der Waals surface area contributed by atoms with E-state index in [-0.39, 0.29) is 5.91 Å². The first-order valence-corrected chi connectivity index (χ1v) is 7.33. The van der Waals surface area contributed by atoms with Crippen LogP contribution >= 0.6 is 0 Å². The fraction of sp³-hybridized carbons (Fsp3) is 0.111. The molecule has 1 amide bonds. The van der Waals surface area contributed by atoms with Crippen LogP contribution in [0, 0.1) is 0 Å². The molecule has 0 bridgehead atoms. The number of nitrogens with zero attached hydrogens (tertiary/aromatic N) is 3. The fourth-order valence-corrected chi connectivity index (χ4v) is 2.28. The van der Waals surface area contributed by atoms with Gasteiger partial charge in [0.05, 0.1) is 11.9 Å². The number of anilines is 2. The Morgan fingerprint density at radius 2 is 1.70 bits per heavy atom. The molecule has 0 saturated heterocycles. The molecule has 1 N–H and O–H groups in total. The van der Waals surface area contributed by atoms with Crippen molar-refractivity contribution in [2.75, 3.05) is 19.4 Å². The maximum Gasteiger partial charge on any atom is 0.253 e. The molecule has 3 aromatic rings. The van der Waals surface area contributed by atoms with Gasteiger partial charge in [-0.15, -0.1) is 0 Å². The van der Waals surface area contributed by atoms with Gasteiger partial charge in [-0.1, -0.05) is 18.2 Å². The van der Waals surface area contributed by atoms with Crippen molar-refractivity contribution in [3.05, 3.63) is 72.4 Å². The molecule has 2 aromatic carbocycles. The summed E-state index contributed by atoms with van der Waals surface area (Å²) >= 11 is 0. The first-order valence-electron chi connectivity index (χ1n) is 7.33. The molecule has 1 aromatic heterocycles. The summed E-state index contributed by atoms with van der Waals surface area (Å²) in [6, 6.07) is 19.2. The third-order valence-electron chi connectivity index (χ3n) is 3.45. The smallest absolute Gasteiger partial charge is 0.253 e. The van der Waals surface area contributed by atoms with Gasteiger partial charge in [0.25, 0.3) is 5.91 Å². The number of aromatic nitrogens is 2. The van der Waals surface area contributed by atoms with E-state index in [4.69, 9.17) is 0 Å². The van der Waals surface area contributed by atoms with E-state index < -0.39 is 0 Å². The van der Waals surface area contributed by atoms with Crippen LogP contribution in [0.25, 0.3) is 5.69 Å². The first-order chi connectivity index (χ1) is 11.1. The van der Waals surface area contributed by atoms with Gasteiger partial charge in [-0.2, -0.15) is 5.10 Å². The minimum Gasteiger partial charge on any atom is -0.345 e. The van der Waals surface area contributed by atoms with Crippen molar-refractivity contribution in [3.63, 3.8) is 0 Å². The highest BCUT2D eigenvalue weighted by molar-refractivity contribution is 5.94. The Kier molecular flexibility index (Phi) is 4.10. The Balaban J connectivity index is 1.81. The van der Waals surface area contributed by atoms with Gasteiger partial charge in [0.2, 0.25) is 0 Å². The molecule has 0 atom stereocenters. The van der Waals surface area contributed by atoms with Crippen molar-refractivity contribution in [2.45, 2.75) is 0 Å². The van der Waals surface area contributed by atoms with Crippen LogP contribution in [0.4, 0.5) is 11.5 Å². The number of carbonyl (C=O) groups is 1. The van der Waals surface area contributed by atoms with Gasteiger partial charge in [-0.05, 0) is 36.4 Å². The number of hydrogen-bond acceptors (Lipinski definition) is 3. The third-order valence-corrected chi connectivity index (χ3v) is 3.45. The van der Waals surface area contributed by atoms with Crippen molar-refractivity contribution >= 4 is 17.4 Å². The van der Waals surface area contributed by atoms with Gasteiger partial charge < -0.3 is 10.2 Å². The highest BCUT2D eigenvalue weighted by Gasteiger charge is 2.08. The minimum atomic E-state index is -0.00845. The summed E-state index contributed by atoms with van der Waals surface area (Å²) < 4.78 is 1.83. The summed E-state index contributed by atoms with van der Waals surface area (Å²) in [4.78, 5) is 13.5. The molecule has 0 radical (unpaired) electrons. The molecule has 0 aliphatic carbocycles. The van der Waals surface area contributed by atoms with Crippen LogP contribution in [-0.2, 0) is 0 Å². The van der Waals surface area contributed by atoms with Gasteiger partial charge in [-0.3, -0.25) is 4.79 Å².